The van der Waals surface area contributed by atoms with E-state index in [2.05, 4.69) is 11.4 Å². The summed E-state index contributed by atoms with van der Waals surface area (Å²) in [4.78, 5) is 33.5. The third kappa shape index (κ3) is 6.60. The fourth-order valence-electron chi connectivity index (χ4n) is 5.41. The Morgan fingerprint density at radius 3 is 2.50 bits per heavy atom. The zero-order chi connectivity index (χ0) is 33.8. The molecule has 11 heteroatoms. The maximum absolute atomic E-state index is 14.4. The number of carbonyl (C=O) groups excluding carboxylic acids is 1. The van der Waals surface area contributed by atoms with Crippen LogP contribution < -0.4 is 34.4 Å². The molecule has 0 fully saturated rings. The normalized spacial score (nSPS) is 14.1. The molecule has 1 amide bonds. The number of ether oxygens (including phenoxy) is 3. The number of nitriles is 1. The topological polar surface area (TPSA) is 115 Å². The van der Waals surface area contributed by atoms with Crippen molar-refractivity contribution in [1.82, 2.24) is 4.57 Å². The lowest BCUT2D eigenvalue weighted by molar-refractivity contribution is -0.113. The van der Waals surface area contributed by atoms with E-state index in [1.165, 1.54) is 23.0 Å². The SMILES string of the molecule is COc1ccc([C@@H]2C(C(=O)Nc3ccccc3)=C(C)N=c3s/c(=C/c4cc(Cl)ccc4OCc4ccc(C#N)cc4)c(=O)n32)c(OC)c1. The second-order valence-corrected chi connectivity index (χ2v) is 12.2. The summed E-state index contributed by atoms with van der Waals surface area (Å²) >= 11 is 7.59. The Hall–Kier alpha value is -5.63. The molecule has 240 valence electrons. The van der Waals surface area contributed by atoms with Gasteiger partial charge in [-0.2, -0.15) is 5.26 Å². The van der Waals surface area contributed by atoms with Gasteiger partial charge in [0.15, 0.2) is 4.80 Å². The summed E-state index contributed by atoms with van der Waals surface area (Å²) in [7, 11) is 3.08. The fourth-order valence-corrected chi connectivity index (χ4v) is 6.63. The van der Waals surface area contributed by atoms with E-state index in [1.807, 2.05) is 30.3 Å². The summed E-state index contributed by atoms with van der Waals surface area (Å²) in [6.45, 7) is 2.00. The van der Waals surface area contributed by atoms with Crippen LogP contribution in [0.2, 0.25) is 5.02 Å². The zero-order valence-corrected chi connectivity index (χ0v) is 27.8. The van der Waals surface area contributed by atoms with E-state index in [1.54, 1.807) is 80.8 Å². The third-order valence-corrected chi connectivity index (χ3v) is 8.99. The Kier molecular flexibility index (Phi) is 9.43. The summed E-state index contributed by atoms with van der Waals surface area (Å²) in [5, 5.41) is 12.5. The standard InChI is InChI=1S/C37H29ClN4O5S/c1-22-33(35(43)41-27-7-5-4-6-8-27)34(29-15-14-28(45-2)19-31(29)46-3)42-36(44)32(48-37(42)40-22)18-25-17-26(38)13-16-30(25)47-21-24-11-9-23(20-39)10-12-24/h4-19,34H,21H2,1-3H3,(H,41,43)/b32-18+/t34-/m1/s1. The highest BCUT2D eigenvalue weighted by atomic mass is 35.5. The molecule has 0 unspecified atom stereocenters. The summed E-state index contributed by atoms with van der Waals surface area (Å²) < 4.78 is 19.2. The average Bonchev–Trinajstić information content (AvgIpc) is 3.41. The molecule has 5 aromatic rings. The molecule has 48 heavy (non-hydrogen) atoms. The van der Waals surface area contributed by atoms with Crippen LogP contribution in [0, 0.1) is 11.3 Å². The molecular formula is C37H29ClN4O5S. The minimum Gasteiger partial charge on any atom is -0.497 e. The van der Waals surface area contributed by atoms with Gasteiger partial charge in [0.05, 0.1) is 41.7 Å². The number of anilines is 1. The first kappa shape index (κ1) is 32.3. The molecule has 1 aliphatic heterocycles. The van der Waals surface area contributed by atoms with Crippen molar-refractivity contribution in [3.8, 4) is 23.3 Å². The molecule has 2 heterocycles. The van der Waals surface area contributed by atoms with Crippen molar-refractivity contribution in [2.75, 3.05) is 19.5 Å². The molecular weight excluding hydrogens is 648 g/mol. The van der Waals surface area contributed by atoms with E-state index in [4.69, 9.17) is 36.1 Å². The van der Waals surface area contributed by atoms with Gasteiger partial charge in [0.2, 0.25) is 0 Å². The van der Waals surface area contributed by atoms with E-state index in [0.29, 0.717) is 65.3 Å². The van der Waals surface area contributed by atoms with Gasteiger partial charge in [0.1, 0.15) is 29.9 Å². The van der Waals surface area contributed by atoms with E-state index in [-0.39, 0.29) is 12.2 Å². The number of methoxy groups -OCH3 is 2. The number of fused-ring (bicyclic) bond motifs is 1. The van der Waals surface area contributed by atoms with Crippen LogP contribution >= 0.6 is 22.9 Å². The Morgan fingerprint density at radius 2 is 1.79 bits per heavy atom. The van der Waals surface area contributed by atoms with Crippen LogP contribution in [0.3, 0.4) is 0 Å². The van der Waals surface area contributed by atoms with Crippen LogP contribution in [-0.2, 0) is 11.4 Å². The lowest BCUT2D eigenvalue weighted by atomic mass is 9.94. The molecule has 0 aliphatic carbocycles. The van der Waals surface area contributed by atoms with Gasteiger partial charge in [-0.15, -0.1) is 0 Å². The first-order valence-corrected chi connectivity index (χ1v) is 16.0. The van der Waals surface area contributed by atoms with Crippen LogP contribution in [-0.4, -0.2) is 24.7 Å². The number of allylic oxidation sites excluding steroid dienone is 1. The number of rotatable bonds is 9. The lowest BCUT2D eigenvalue weighted by Crippen LogP contribution is -2.40. The molecule has 0 radical (unpaired) electrons. The first-order chi connectivity index (χ1) is 23.3. The summed E-state index contributed by atoms with van der Waals surface area (Å²) in [6.07, 6.45) is 1.72. The molecule has 0 bridgehead atoms. The number of benzene rings is 4. The van der Waals surface area contributed by atoms with Gasteiger partial charge in [0.25, 0.3) is 11.5 Å². The quantitative estimate of drug-likeness (QED) is 0.205. The van der Waals surface area contributed by atoms with E-state index >= 15 is 0 Å². The van der Waals surface area contributed by atoms with Gasteiger partial charge < -0.3 is 19.5 Å². The Labute approximate surface area is 285 Å². The van der Waals surface area contributed by atoms with Crippen molar-refractivity contribution >= 4 is 40.6 Å². The Morgan fingerprint density at radius 1 is 1.02 bits per heavy atom. The van der Waals surface area contributed by atoms with Crippen molar-refractivity contribution in [2.45, 2.75) is 19.6 Å². The van der Waals surface area contributed by atoms with Gasteiger partial charge in [-0.3, -0.25) is 14.2 Å². The molecule has 1 N–H and O–H groups in total. The van der Waals surface area contributed by atoms with Gasteiger partial charge in [-0.25, -0.2) is 4.99 Å². The molecule has 0 saturated carbocycles. The van der Waals surface area contributed by atoms with Crippen molar-refractivity contribution < 1.29 is 19.0 Å². The van der Waals surface area contributed by atoms with Gasteiger partial charge in [-0.05, 0) is 73.2 Å². The predicted molar refractivity (Wildman–Crippen MR) is 185 cm³/mol. The highest BCUT2D eigenvalue weighted by Gasteiger charge is 2.34. The van der Waals surface area contributed by atoms with E-state index < -0.39 is 11.9 Å². The molecule has 0 spiro atoms. The number of nitrogens with zero attached hydrogens (tertiary/aromatic N) is 3. The molecule has 4 aromatic carbocycles. The molecule has 9 nitrogen and oxygen atoms in total. The van der Waals surface area contributed by atoms with Gasteiger partial charge in [0, 0.05) is 27.9 Å². The first-order valence-electron chi connectivity index (χ1n) is 14.8. The third-order valence-electron chi connectivity index (χ3n) is 7.77. The van der Waals surface area contributed by atoms with Crippen LogP contribution in [0.5, 0.6) is 17.2 Å². The van der Waals surface area contributed by atoms with Crippen LogP contribution in [0.1, 0.15) is 35.2 Å². The molecule has 1 aliphatic rings. The monoisotopic (exact) mass is 676 g/mol. The Bertz CT molecular complexity index is 2270. The molecule has 1 atom stereocenters. The zero-order valence-electron chi connectivity index (χ0n) is 26.2. The van der Waals surface area contributed by atoms with Crippen molar-refractivity contribution in [3.05, 3.63) is 149 Å². The maximum Gasteiger partial charge on any atom is 0.271 e. The second kappa shape index (κ2) is 14.0. The van der Waals surface area contributed by atoms with Crippen LogP contribution in [0.15, 0.2) is 112 Å². The summed E-state index contributed by atoms with van der Waals surface area (Å²) in [5.41, 5.74) is 3.64. The molecule has 0 saturated heterocycles. The minimum absolute atomic E-state index is 0.242. The van der Waals surface area contributed by atoms with Gasteiger partial charge >= 0.3 is 0 Å². The number of aromatic nitrogens is 1. The van der Waals surface area contributed by atoms with E-state index in [0.717, 1.165) is 5.56 Å². The number of carbonyl (C=O) groups is 1. The fraction of sp³-hybridized carbons (Fsp3) is 0.135. The maximum atomic E-state index is 14.4. The number of hydrogen-bond donors (Lipinski definition) is 1. The van der Waals surface area contributed by atoms with Gasteiger partial charge in [-0.1, -0.05) is 53.3 Å². The molecule has 6 rings (SSSR count). The van der Waals surface area contributed by atoms with Crippen molar-refractivity contribution in [3.63, 3.8) is 0 Å². The molecule has 1 aromatic heterocycles. The number of nitrogens with one attached hydrogen (secondary N) is 1. The lowest BCUT2D eigenvalue weighted by Gasteiger charge is -2.26. The smallest absolute Gasteiger partial charge is 0.271 e. The number of thiazole rings is 1. The second-order valence-electron chi connectivity index (χ2n) is 10.8. The van der Waals surface area contributed by atoms with Crippen LogP contribution in [0.25, 0.3) is 6.08 Å². The highest BCUT2D eigenvalue weighted by molar-refractivity contribution is 7.07. The average molecular weight is 677 g/mol. The van der Waals surface area contributed by atoms with Crippen molar-refractivity contribution in [2.24, 2.45) is 4.99 Å². The van der Waals surface area contributed by atoms with Crippen LogP contribution in [0.4, 0.5) is 5.69 Å². The highest BCUT2D eigenvalue weighted by Crippen LogP contribution is 2.37. The number of para-hydroxylation sites is 1. The van der Waals surface area contributed by atoms with Crippen molar-refractivity contribution in [1.29, 1.82) is 5.26 Å². The minimum atomic E-state index is -0.862. The number of halogens is 1. The predicted octanol–water partition coefficient (Wildman–Crippen LogP) is 6.00. The summed E-state index contributed by atoms with van der Waals surface area (Å²) in [5.74, 6) is 1.13. The number of hydrogen-bond acceptors (Lipinski definition) is 8. The summed E-state index contributed by atoms with van der Waals surface area (Å²) in [6, 6.07) is 27.9. The number of amides is 1. The largest absolute Gasteiger partial charge is 0.497 e. The Balaban J connectivity index is 1.46. The van der Waals surface area contributed by atoms with E-state index in [9.17, 15) is 9.59 Å².